The van der Waals surface area contributed by atoms with Gasteiger partial charge in [-0.1, -0.05) is 23.4 Å². The number of aromatic nitrogens is 2. The summed E-state index contributed by atoms with van der Waals surface area (Å²) in [5.74, 6) is 0.645. The SMILES string of the molecule is CC(C)N1CCc2onc(C(=O)NCc3cccc(-c4ccncc4)c3)c2C1. The predicted octanol–water partition coefficient (Wildman–Crippen LogP) is 3.43. The molecule has 0 bridgehead atoms. The Balaban J connectivity index is 1.46. The highest BCUT2D eigenvalue weighted by Gasteiger charge is 2.28. The number of hydrogen-bond donors (Lipinski definition) is 1. The van der Waals surface area contributed by atoms with E-state index in [1.807, 2.05) is 24.3 Å². The molecule has 1 aliphatic rings. The third kappa shape index (κ3) is 3.82. The number of hydrogen-bond acceptors (Lipinski definition) is 5. The summed E-state index contributed by atoms with van der Waals surface area (Å²) in [4.78, 5) is 19.1. The summed E-state index contributed by atoms with van der Waals surface area (Å²) in [5, 5.41) is 7.03. The van der Waals surface area contributed by atoms with Gasteiger partial charge >= 0.3 is 0 Å². The Morgan fingerprint density at radius 2 is 2.04 bits per heavy atom. The molecule has 0 aliphatic carbocycles. The fourth-order valence-corrected chi connectivity index (χ4v) is 3.52. The van der Waals surface area contributed by atoms with Crippen LogP contribution < -0.4 is 5.32 Å². The lowest BCUT2D eigenvalue weighted by Crippen LogP contribution is -2.36. The van der Waals surface area contributed by atoms with Gasteiger partial charge in [-0.15, -0.1) is 0 Å². The van der Waals surface area contributed by atoms with E-state index < -0.39 is 0 Å². The second kappa shape index (κ2) is 7.94. The second-order valence-electron chi connectivity index (χ2n) is 7.37. The highest BCUT2D eigenvalue weighted by atomic mass is 16.5. The number of amides is 1. The normalized spacial score (nSPS) is 14.1. The van der Waals surface area contributed by atoms with Crippen LogP contribution in [0.25, 0.3) is 11.1 Å². The van der Waals surface area contributed by atoms with Gasteiger partial charge in [0.1, 0.15) is 5.76 Å². The maximum absolute atomic E-state index is 12.7. The molecule has 6 heteroatoms. The highest BCUT2D eigenvalue weighted by molar-refractivity contribution is 5.93. The van der Waals surface area contributed by atoms with Crippen molar-refractivity contribution in [3.63, 3.8) is 0 Å². The standard InChI is InChI=1S/C22H24N4O2/c1-15(2)26-11-8-20-19(14-26)21(25-28-20)22(27)24-13-16-4-3-5-18(12-16)17-6-9-23-10-7-17/h3-7,9-10,12,15H,8,11,13-14H2,1-2H3,(H,24,27). The van der Waals surface area contributed by atoms with Gasteiger partial charge < -0.3 is 9.84 Å². The monoisotopic (exact) mass is 376 g/mol. The largest absolute Gasteiger partial charge is 0.360 e. The summed E-state index contributed by atoms with van der Waals surface area (Å²) in [6.45, 7) is 6.40. The zero-order valence-electron chi connectivity index (χ0n) is 16.2. The molecule has 3 aromatic rings. The van der Waals surface area contributed by atoms with Gasteiger partial charge in [-0.3, -0.25) is 14.7 Å². The number of carbonyl (C=O) groups excluding carboxylic acids is 1. The fourth-order valence-electron chi connectivity index (χ4n) is 3.52. The van der Waals surface area contributed by atoms with Crippen LogP contribution in [0.3, 0.4) is 0 Å². The van der Waals surface area contributed by atoms with E-state index in [1.165, 1.54) is 0 Å². The summed E-state index contributed by atoms with van der Waals surface area (Å²) in [6, 6.07) is 12.5. The minimum absolute atomic E-state index is 0.190. The van der Waals surface area contributed by atoms with Crippen molar-refractivity contribution >= 4 is 5.91 Å². The molecule has 144 valence electrons. The molecule has 0 fully saturated rings. The van der Waals surface area contributed by atoms with Crippen molar-refractivity contribution in [1.82, 2.24) is 20.4 Å². The first-order valence-electron chi connectivity index (χ1n) is 9.61. The summed E-state index contributed by atoms with van der Waals surface area (Å²) in [7, 11) is 0. The first-order chi connectivity index (χ1) is 13.6. The van der Waals surface area contributed by atoms with Crippen molar-refractivity contribution in [1.29, 1.82) is 0 Å². The molecule has 1 N–H and O–H groups in total. The Kier molecular flexibility index (Phi) is 5.21. The number of benzene rings is 1. The van der Waals surface area contributed by atoms with Crippen molar-refractivity contribution in [2.75, 3.05) is 6.54 Å². The van der Waals surface area contributed by atoms with Gasteiger partial charge in [-0.2, -0.15) is 0 Å². The lowest BCUT2D eigenvalue weighted by atomic mass is 10.0. The van der Waals surface area contributed by atoms with E-state index in [4.69, 9.17) is 4.52 Å². The third-order valence-electron chi connectivity index (χ3n) is 5.20. The van der Waals surface area contributed by atoms with Gasteiger partial charge in [-0.05, 0) is 48.7 Å². The molecular weight excluding hydrogens is 352 g/mol. The van der Waals surface area contributed by atoms with Gasteiger partial charge in [-0.25, -0.2) is 0 Å². The van der Waals surface area contributed by atoms with E-state index in [-0.39, 0.29) is 5.91 Å². The van der Waals surface area contributed by atoms with Gasteiger partial charge in [0.25, 0.3) is 5.91 Å². The van der Waals surface area contributed by atoms with Crippen molar-refractivity contribution in [3.05, 3.63) is 71.4 Å². The summed E-state index contributed by atoms with van der Waals surface area (Å²) in [5.41, 5.74) is 4.56. The Bertz CT molecular complexity index is 966. The van der Waals surface area contributed by atoms with Gasteiger partial charge in [0.05, 0.1) is 0 Å². The zero-order chi connectivity index (χ0) is 19.5. The summed E-state index contributed by atoms with van der Waals surface area (Å²) >= 11 is 0. The van der Waals surface area contributed by atoms with Gasteiger partial charge in [0.2, 0.25) is 0 Å². The van der Waals surface area contributed by atoms with Crippen LogP contribution in [0.4, 0.5) is 0 Å². The quantitative estimate of drug-likeness (QED) is 0.739. The maximum Gasteiger partial charge on any atom is 0.274 e. The molecule has 0 atom stereocenters. The molecule has 1 aliphatic heterocycles. The lowest BCUT2D eigenvalue weighted by molar-refractivity contribution is 0.0939. The number of nitrogens with one attached hydrogen (secondary N) is 1. The van der Waals surface area contributed by atoms with Crippen LogP contribution in [0.5, 0.6) is 0 Å². The average Bonchev–Trinajstić information content (AvgIpc) is 3.16. The van der Waals surface area contributed by atoms with Crippen LogP contribution in [0.2, 0.25) is 0 Å². The molecule has 6 nitrogen and oxygen atoms in total. The Labute approximate surface area is 164 Å². The lowest BCUT2D eigenvalue weighted by Gasteiger charge is -2.29. The van der Waals surface area contributed by atoms with E-state index in [2.05, 4.69) is 46.3 Å². The molecule has 0 spiro atoms. The first kappa shape index (κ1) is 18.4. The van der Waals surface area contributed by atoms with E-state index in [0.717, 1.165) is 41.0 Å². The number of pyridine rings is 1. The van der Waals surface area contributed by atoms with E-state index in [0.29, 0.717) is 24.8 Å². The maximum atomic E-state index is 12.7. The molecule has 0 unspecified atom stereocenters. The van der Waals surface area contributed by atoms with E-state index in [9.17, 15) is 4.79 Å². The molecule has 1 amide bonds. The number of carbonyl (C=O) groups is 1. The smallest absolute Gasteiger partial charge is 0.274 e. The number of fused-ring (bicyclic) bond motifs is 1. The van der Waals surface area contributed by atoms with Crippen molar-refractivity contribution in [2.45, 2.75) is 39.4 Å². The van der Waals surface area contributed by atoms with Crippen molar-refractivity contribution < 1.29 is 9.32 Å². The topological polar surface area (TPSA) is 71.3 Å². The van der Waals surface area contributed by atoms with Crippen molar-refractivity contribution in [3.8, 4) is 11.1 Å². The van der Waals surface area contributed by atoms with E-state index in [1.54, 1.807) is 12.4 Å². The van der Waals surface area contributed by atoms with Crippen LogP contribution in [-0.2, 0) is 19.5 Å². The Hall–Kier alpha value is -2.99. The predicted molar refractivity (Wildman–Crippen MR) is 107 cm³/mol. The molecule has 0 saturated heterocycles. The van der Waals surface area contributed by atoms with Gasteiger partial charge in [0.15, 0.2) is 5.69 Å². The average molecular weight is 376 g/mol. The molecule has 28 heavy (non-hydrogen) atoms. The number of nitrogens with zero attached hydrogens (tertiary/aromatic N) is 3. The highest BCUT2D eigenvalue weighted by Crippen LogP contribution is 2.24. The second-order valence-corrected chi connectivity index (χ2v) is 7.37. The minimum atomic E-state index is -0.190. The minimum Gasteiger partial charge on any atom is -0.360 e. The van der Waals surface area contributed by atoms with Crippen LogP contribution in [0, 0.1) is 0 Å². The molecule has 0 radical (unpaired) electrons. The Morgan fingerprint density at radius 3 is 2.82 bits per heavy atom. The van der Waals surface area contributed by atoms with Gasteiger partial charge in [0, 0.05) is 50.1 Å². The fraction of sp³-hybridized carbons (Fsp3) is 0.318. The zero-order valence-corrected chi connectivity index (χ0v) is 16.2. The van der Waals surface area contributed by atoms with Crippen LogP contribution >= 0.6 is 0 Å². The van der Waals surface area contributed by atoms with Crippen molar-refractivity contribution in [2.24, 2.45) is 0 Å². The molecule has 2 aromatic heterocycles. The van der Waals surface area contributed by atoms with Crippen LogP contribution in [-0.4, -0.2) is 33.5 Å². The molecule has 0 saturated carbocycles. The molecule has 3 heterocycles. The molecule has 1 aromatic carbocycles. The first-order valence-corrected chi connectivity index (χ1v) is 9.61. The third-order valence-corrected chi connectivity index (χ3v) is 5.20. The summed E-state index contributed by atoms with van der Waals surface area (Å²) in [6.07, 6.45) is 4.34. The summed E-state index contributed by atoms with van der Waals surface area (Å²) < 4.78 is 5.42. The number of rotatable bonds is 5. The van der Waals surface area contributed by atoms with E-state index >= 15 is 0 Å². The molecule has 4 rings (SSSR count). The van der Waals surface area contributed by atoms with Crippen LogP contribution in [0.15, 0.2) is 53.3 Å². The Morgan fingerprint density at radius 1 is 1.21 bits per heavy atom. The molecular formula is C22H24N4O2. The van der Waals surface area contributed by atoms with Crippen LogP contribution in [0.1, 0.15) is 41.2 Å².